The molecule has 3 rings (SSSR count). The van der Waals surface area contributed by atoms with E-state index in [0.29, 0.717) is 36.4 Å². The highest BCUT2D eigenvalue weighted by molar-refractivity contribution is 5.86. The fourth-order valence-electron chi connectivity index (χ4n) is 3.73. The lowest BCUT2D eigenvalue weighted by Crippen LogP contribution is -2.46. The molecule has 0 bridgehead atoms. The summed E-state index contributed by atoms with van der Waals surface area (Å²) in [6.07, 6.45) is 9.26. The van der Waals surface area contributed by atoms with Crippen molar-refractivity contribution in [2.75, 3.05) is 13.1 Å². The molecule has 0 spiro atoms. The van der Waals surface area contributed by atoms with Crippen LogP contribution in [0.3, 0.4) is 0 Å². The standard InChI is InChI=1S/C18H28N4O3/c1-13-20-9-16(25-13)12-24-21-18(19)15-7-8-17(23)22(11-15)10-14-5-3-2-4-6-14/h9,14-15H,2-8,10-12H2,1H3,(H2,19,21). The number of oxazole rings is 1. The quantitative estimate of drug-likeness (QED) is 0.484. The van der Waals surface area contributed by atoms with Crippen molar-refractivity contribution in [3.05, 3.63) is 17.8 Å². The van der Waals surface area contributed by atoms with Gasteiger partial charge in [0.2, 0.25) is 5.91 Å². The van der Waals surface area contributed by atoms with Crippen molar-refractivity contribution in [1.82, 2.24) is 9.88 Å². The number of amides is 1. The number of likely N-dealkylation sites (tertiary alicyclic amines) is 1. The van der Waals surface area contributed by atoms with Gasteiger partial charge in [0.15, 0.2) is 18.3 Å². The minimum absolute atomic E-state index is 0.0674. The summed E-state index contributed by atoms with van der Waals surface area (Å²) in [6, 6.07) is 0. The second kappa shape index (κ2) is 8.36. The Hall–Kier alpha value is -2.05. The van der Waals surface area contributed by atoms with Gasteiger partial charge >= 0.3 is 0 Å². The average Bonchev–Trinajstić information content (AvgIpc) is 3.03. The van der Waals surface area contributed by atoms with Gasteiger partial charge in [-0.25, -0.2) is 4.98 Å². The van der Waals surface area contributed by atoms with E-state index in [4.69, 9.17) is 15.0 Å². The minimum atomic E-state index is 0.0674. The Kier molecular flexibility index (Phi) is 5.94. The summed E-state index contributed by atoms with van der Waals surface area (Å²) in [5.74, 6) is 2.62. The zero-order chi connectivity index (χ0) is 17.6. The summed E-state index contributed by atoms with van der Waals surface area (Å²) < 4.78 is 5.33. The van der Waals surface area contributed by atoms with E-state index in [0.717, 1.165) is 13.0 Å². The molecule has 2 fully saturated rings. The van der Waals surface area contributed by atoms with Crippen LogP contribution in [0.2, 0.25) is 0 Å². The number of carbonyl (C=O) groups is 1. The van der Waals surface area contributed by atoms with E-state index in [9.17, 15) is 4.79 Å². The van der Waals surface area contributed by atoms with E-state index >= 15 is 0 Å². The second-order valence-electron chi connectivity index (χ2n) is 7.17. The Bertz CT molecular complexity index is 607. The third-order valence-corrected chi connectivity index (χ3v) is 5.17. The van der Waals surface area contributed by atoms with Crippen molar-refractivity contribution < 1.29 is 14.0 Å². The van der Waals surface area contributed by atoms with Crippen molar-refractivity contribution in [3.8, 4) is 0 Å². The predicted molar refractivity (Wildman–Crippen MR) is 93.5 cm³/mol. The zero-order valence-electron chi connectivity index (χ0n) is 14.9. The fraction of sp³-hybridized carbons (Fsp3) is 0.722. The van der Waals surface area contributed by atoms with Crippen LogP contribution in [0.1, 0.15) is 56.6 Å². The van der Waals surface area contributed by atoms with Gasteiger partial charge in [-0.05, 0) is 25.2 Å². The first-order chi connectivity index (χ1) is 12.1. The maximum atomic E-state index is 12.2. The molecule has 1 amide bonds. The summed E-state index contributed by atoms with van der Waals surface area (Å²) in [5.41, 5.74) is 6.10. The first-order valence-corrected chi connectivity index (χ1v) is 9.26. The number of hydrogen-bond acceptors (Lipinski definition) is 5. The van der Waals surface area contributed by atoms with Crippen LogP contribution in [-0.2, 0) is 16.2 Å². The first kappa shape index (κ1) is 17.8. The summed E-state index contributed by atoms with van der Waals surface area (Å²) >= 11 is 0. The monoisotopic (exact) mass is 348 g/mol. The van der Waals surface area contributed by atoms with E-state index in [1.807, 2.05) is 4.90 Å². The molecule has 0 aromatic carbocycles. The topological polar surface area (TPSA) is 93.9 Å². The number of amidine groups is 1. The molecular weight excluding hydrogens is 320 g/mol. The lowest BCUT2D eigenvalue weighted by molar-refractivity contribution is -0.134. The van der Waals surface area contributed by atoms with Crippen molar-refractivity contribution >= 4 is 11.7 Å². The summed E-state index contributed by atoms with van der Waals surface area (Å²) in [6.45, 7) is 3.50. The molecule has 1 aliphatic carbocycles. The third-order valence-electron chi connectivity index (χ3n) is 5.17. The molecule has 7 nitrogen and oxygen atoms in total. The van der Waals surface area contributed by atoms with Gasteiger partial charge in [0.25, 0.3) is 0 Å². The Morgan fingerprint density at radius 3 is 2.92 bits per heavy atom. The minimum Gasteiger partial charge on any atom is -0.442 e. The smallest absolute Gasteiger partial charge is 0.222 e. The normalized spacial score (nSPS) is 23.1. The molecule has 138 valence electrons. The summed E-state index contributed by atoms with van der Waals surface area (Å²) in [4.78, 5) is 23.5. The van der Waals surface area contributed by atoms with Gasteiger partial charge in [-0.2, -0.15) is 0 Å². The van der Waals surface area contributed by atoms with Crippen LogP contribution in [0.4, 0.5) is 0 Å². The maximum Gasteiger partial charge on any atom is 0.222 e. The molecule has 25 heavy (non-hydrogen) atoms. The number of aromatic nitrogens is 1. The average molecular weight is 348 g/mol. The van der Waals surface area contributed by atoms with E-state index in [1.165, 1.54) is 32.1 Å². The van der Waals surface area contributed by atoms with E-state index in [-0.39, 0.29) is 18.4 Å². The van der Waals surface area contributed by atoms with Gasteiger partial charge in [-0.1, -0.05) is 24.4 Å². The van der Waals surface area contributed by atoms with Crippen LogP contribution >= 0.6 is 0 Å². The lowest BCUT2D eigenvalue weighted by Gasteiger charge is -2.35. The van der Waals surface area contributed by atoms with E-state index in [2.05, 4.69) is 10.1 Å². The number of nitrogens with zero attached hydrogens (tertiary/aromatic N) is 3. The van der Waals surface area contributed by atoms with Gasteiger partial charge < -0.3 is 19.9 Å². The molecular formula is C18H28N4O3. The van der Waals surface area contributed by atoms with Crippen molar-refractivity contribution in [3.63, 3.8) is 0 Å². The van der Waals surface area contributed by atoms with E-state index < -0.39 is 0 Å². The number of oxime groups is 1. The molecule has 1 saturated heterocycles. The SMILES string of the molecule is Cc1ncc(CO/N=C(\N)C2CCC(=O)N(CC3CCCCC3)C2)o1. The van der Waals surface area contributed by atoms with Gasteiger partial charge in [0, 0.05) is 32.4 Å². The molecule has 1 aliphatic heterocycles. The fourth-order valence-corrected chi connectivity index (χ4v) is 3.73. The number of carbonyl (C=O) groups excluding carboxylic acids is 1. The summed E-state index contributed by atoms with van der Waals surface area (Å²) in [5, 5.41) is 4.03. The largest absolute Gasteiger partial charge is 0.442 e. The third kappa shape index (κ3) is 4.96. The van der Waals surface area contributed by atoms with Crippen LogP contribution in [0.5, 0.6) is 0 Å². The number of hydrogen-bond donors (Lipinski definition) is 1. The van der Waals surface area contributed by atoms with Crippen LogP contribution in [-0.4, -0.2) is 34.7 Å². The van der Waals surface area contributed by atoms with Crippen LogP contribution in [0.25, 0.3) is 0 Å². The molecule has 2 N–H and O–H groups in total. The summed E-state index contributed by atoms with van der Waals surface area (Å²) in [7, 11) is 0. The van der Waals surface area contributed by atoms with Crippen LogP contribution in [0, 0.1) is 18.8 Å². The highest BCUT2D eigenvalue weighted by atomic mass is 16.6. The van der Waals surface area contributed by atoms with Crippen molar-refractivity contribution in [2.24, 2.45) is 22.7 Å². The molecule has 1 aromatic rings. The predicted octanol–water partition coefficient (Wildman–Crippen LogP) is 2.59. The number of aryl methyl sites for hydroxylation is 1. The highest BCUT2D eigenvalue weighted by Gasteiger charge is 2.30. The Morgan fingerprint density at radius 1 is 1.40 bits per heavy atom. The van der Waals surface area contributed by atoms with Crippen LogP contribution in [0.15, 0.2) is 15.8 Å². The van der Waals surface area contributed by atoms with Gasteiger partial charge in [-0.3, -0.25) is 4.79 Å². The van der Waals surface area contributed by atoms with Crippen molar-refractivity contribution in [1.29, 1.82) is 0 Å². The van der Waals surface area contributed by atoms with Crippen LogP contribution < -0.4 is 5.73 Å². The number of nitrogens with two attached hydrogens (primary N) is 1. The molecule has 1 aromatic heterocycles. The molecule has 2 heterocycles. The maximum absolute atomic E-state index is 12.2. The molecule has 1 saturated carbocycles. The Balaban J connectivity index is 1.50. The van der Waals surface area contributed by atoms with Gasteiger partial charge in [-0.15, -0.1) is 0 Å². The zero-order valence-corrected chi connectivity index (χ0v) is 14.9. The molecule has 7 heteroatoms. The highest BCUT2D eigenvalue weighted by Crippen LogP contribution is 2.27. The number of rotatable bonds is 6. The van der Waals surface area contributed by atoms with E-state index in [1.54, 1.807) is 13.1 Å². The Labute approximate surface area is 148 Å². The van der Waals surface area contributed by atoms with Gasteiger partial charge in [0.05, 0.1) is 6.20 Å². The number of piperidine rings is 1. The molecule has 2 aliphatic rings. The molecule has 1 atom stereocenters. The molecule has 0 radical (unpaired) electrons. The van der Waals surface area contributed by atoms with Gasteiger partial charge in [0.1, 0.15) is 5.84 Å². The Morgan fingerprint density at radius 2 is 2.20 bits per heavy atom. The lowest BCUT2D eigenvalue weighted by atomic mass is 9.87. The second-order valence-corrected chi connectivity index (χ2v) is 7.17. The first-order valence-electron chi connectivity index (χ1n) is 9.26. The molecule has 1 unspecified atom stereocenters. The van der Waals surface area contributed by atoms with Crippen molar-refractivity contribution in [2.45, 2.75) is 58.5 Å².